The van der Waals surface area contributed by atoms with Crippen LogP contribution in [0.4, 0.5) is 0 Å². The lowest BCUT2D eigenvalue weighted by Gasteiger charge is -2.25. The Morgan fingerprint density at radius 1 is 1.47 bits per heavy atom. The highest BCUT2D eigenvalue weighted by Gasteiger charge is 2.25. The summed E-state index contributed by atoms with van der Waals surface area (Å²) in [5, 5.41) is 12.1. The van der Waals surface area contributed by atoms with Gasteiger partial charge in [0.2, 0.25) is 0 Å². The van der Waals surface area contributed by atoms with Crippen LogP contribution in [0.15, 0.2) is 18.2 Å². The van der Waals surface area contributed by atoms with Crippen molar-refractivity contribution in [2.75, 3.05) is 6.54 Å². The molecule has 0 saturated carbocycles. The van der Waals surface area contributed by atoms with Gasteiger partial charge in [-0.25, -0.2) is 4.79 Å². The summed E-state index contributed by atoms with van der Waals surface area (Å²) in [6.45, 7) is 2.55. The van der Waals surface area contributed by atoms with Crippen molar-refractivity contribution in [3.05, 3.63) is 34.9 Å². The largest absolute Gasteiger partial charge is 0.478 e. The molecule has 0 fully saturated rings. The molecule has 2 N–H and O–H groups in total. The minimum Gasteiger partial charge on any atom is -0.478 e. The van der Waals surface area contributed by atoms with Crippen LogP contribution in [0.2, 0.25) is 0 Å². The molecule has 0 aromatic heterocycles. The topological polar surface area (TPSA) is 66.4 Å². The van der Waals surface area contributed by atoms with Gasteiger partial charge in [-0.3, -0.25) is 4.79 Å². The summed E-state index contributed by atoms with van der Waals surface area (Å²) in [7, 11) is 0. The van der Waals surface area contributed by atoms with Crippen molar-refractivity contribution >= 4 is 11.8 Å². The quantitative estimate of drug-likeness (QED) is 0.831. The molecule has 0 radical (unpaired) electrons. The van der Waals surface area contributed by atoms with Crippen molar-refractivity contribution in [3.63, 3.8) is 0 Å². The molecule has 0 spiro atoms. The Morgan fingerprint density at radius 2 is 2.24 bits per heavy atom. The molecule has 0 aliphatic carbocycles. The molecule has 17 heavy (non-hydrogen) atoms. The van der Waals surface area contributed by atoms with Gasteiger partial charge in [0.1, 0.15) is 0 Å². The third kappa shape index (κ3) is 2.22. The zero-order chi connectivity index (χ0) is 12.4. The minimum absolute atomic E-state index is 0.147. The minimum atomic E-state index is -0.926. The van der Waals surface area contributed by atoms with E-state index in [4.69, 9.17) is 5.11 Å². The fourth-order valence-corrected chi connectivity index (χ4v) is 2.19. The van der Waals surface area contributed by atoms with Crippen LogP contribution >= 0.6 is 0 Å². The lowest BCUT2D eigenvalue weighted by atomic mass is 9.90. The van der Waals surface area contributed by atoms with Gasteiger partial charge in [0.05, 0.1) is 11.6 Å². The lowest BCUT2D eigenvalue weighted by Crippen LogP contribution is -2.35. The molecular formula is C13H15NO3. The standard InChI is InChI=1S/C13H15NO3/c1-2-11(15)12-10-4-3-9(13(16)17)7-8(10)5-6-14-12/h3-4,7,12,14H,2,5-6H2,1H3,(H,16,17). The number of hydrogen-bond acceptors (Lipinski definition) is 3. The average molecular weight is 233 g/mol. The first-order valence-corrected chi connectivity index (χ1v) is 5.75. The van der Waals surface area contributed by atoms with Crippen molar-refractivity contribution in [1.82, 2.24) is 5.32 Å². The fraction of sp³-hybridized carbons (Fsp3) is 0.385. The monoisotopic (exact) mass is 233 g/mol. The molecule has 0 saturated heterocycles. The molecular weight excluding hydrogens is 218 g/mol. The molecule has 1 aliphatic rings. The smallest absolute Gasteiger partial charge is 0.335 e. The van der Waals surface area contributed by atoms with Gasteiger partial charge in [-0.15, -0.1) is 0 Å². The first-order valence-electron chi connectivity index (χ1n) is 5.75. The third-order valence-corrected chi connectivity index (χ3v) is 3.11. The van der Waals surface area contributed by atoms with Crippen LogP contribution in [0, 0.1) is 0 Å². The summed E-state index contributed by atoms with van der Waals surface area (Å²) < 4.78 is 0. The number of carboxylic acids is 1. The second kappa shape index (κ2) is 4.67. The normalized spacial score (nSPS) is 18.5. The molecule has 1 unspecified atom stereocenters. The maximum absolute atomic E-state index is 11.8. The number of carboxylic acid groups (broad SMARTS) is 1. The molecule has 0 bridgehead atoms. The number of rotatable bonds is 3. The molecule has 1 aromatic carbocycles. The number of benzene rings is 1. The Morgan fingerprint density at radius 3 is 2.88 bits per heavy atom. The second-order valence-electron chi connectivity index (χ2n) is 4.18. The Hall–Kier alpha value is -1.68. The van der Waals surface area contributed by atoms with Gasteiger partial charge in [-0.2, -0.15) is 0 Å². The van der Waals surface area contributed by atoms with E-state index in [2.05, 4.69) is 5.32 Å². The van der Waals surface area contributed by atoms with Gasteiger partial charge in [0.15, 0.2) is 5.78 Å². The SMILES string of the molecule is CCC(=O)C1NCCc2cc(C(=O)O)ccc21. The van der Waals surface area contributed by atoms with E-state index in [9.17, 15) is 9.59 Å². The van der Waals surface area contributed by atoms with Crippen LogP contribution in [0.3, 0.4) is 0 Å². The van der Waals surface area contributed by atoms with Crippen LogP contribution in [0.1, 0.15) is 40.9 Å². The fourth-order valence-electron chi connectivity index (χ4n) is 2.19. The predicted octanol–water partition coefficient (Wildman–Crippen LogP) is 1.55. The van der Waals surface area contributed by atoms with E-state index in [0.717, 1.165) is 17.5 Å². The van der Waals surface area contributed by atoms with Gasteiger partial charge in [-0.1, -0.05) is 13.0 Å². The van der Waals surface area contributed by atoms with E-state index < -0.39 is 5.97 Å². The number of Topliss-reactive ketones (excluding diaryl/α,β-unsaturated/α-hetero) is 1. The maximum atomic E-state index is 11.8. The number of nitrogens with one attached hydrogen (secondary N) is 1. The highest BCUT2D eigenvalue weighted by Crippen LogP contribution is 2.25. The Labute approximate surface area is 99.6 Å². The number of carbonyl (C=O) groups is 2. The van der Waals surface area contributed by atoms with E-state index >= 15 is 0 Å². The Kier molecular flexibility index (Phi) is 3.24. The summed E-state index contributed by atoms with van der Waals surface area (Å²) in [5.74, 6) is -0.779. The summed E-state index contributed by atoms with van der Waals surface area (Å²) in [6.07, 6.45) is 1.25. The summed E-state index contributed by atoms with van der Waals surface area (Å²) in [4.78, 5) is 22.6. The Bertz CT molecular complexity index is 468. The number of fused-ring (bicyclic) bond motifs is 1. The first-order chi connectivity index (χ1) is 8.13. The summed E-state index contributed by atoms with van der Waals surface area (Å²) in [6, 6.07) is 4.72. The van der Waals surface area contributed by atoms with Crippen LogP contribution in [-0.4, -0.2) is 23.4 Å². The van der Waals surface area contributed by atoms with Crippen LogP contribution in [0.25, 0.3) is 0 Å². The van der Waals surface area contributed by atoms with Crippen molar-refractivity contribution in [3.8, 4) is 0 Å². The zero-order valence-corrected chi connectivity index (χ0v) is 9.69. The van der Waals surface area contributed by atoms with Crippen molar-refractivity contribution in [2.24, 2.45) is 0 Å². The highest BCUT2D eigenvalue weighted by atomic mass is 16.4. The van der Waals surface area contributed by atoms with Gasteiger partial charge in [0.25, 0.3) is 0 Å². The second-order valence-corrected chi connectivity index (χ2v) is 4.18. The average Bonchev–Trinajstić information content (AvgIpc) is 2.36. The van der Waals surface area contributed by atoms with Gasteiger partial charge in [-0.05, 0) is 29.7 Å². The van der Waals surface area contributed by atoms with Crippen LogP contribution < -0.4 is 5.32 Å². The van der Waals surface area contributed by atoms with E-state index in [0.29, 0.717) is 13.0 Å². The van der Waals surface area contributed by atoms with E-state index in [1.807, 2.05) is 6.92 Å². The number of ketones is 1. The molecule has 4 heteroatoms. The molecule has 1 aliphatic heterocycles. The van der Waals surface area contributed by atoms with Crippen LogP contribution in [0.5, 0.6) is 0 Å². The van der Waals surface area contributed by atoms with E-state index in [-0.39, 0.29) is 17.4 Å². The molecule has 2 rings (SSSR count). The van der Waals surface area contributed by atoms with Crippen molar-refractivity contribution in [2.45, 2.75) is 25.8 Å². The molecule has 1 heterocycles. The Balaban J connectivity index is 2.40. The summed E-state index contributed by atoms with van der Waals surface area (Å²) >= 11 is 0. The molecule has 90 valence electrons. The molecule has 0 amide bonds. The van der Waals surface area contributed by atoms with Crippen LogP contribution in [-0.2, 0) is 11.2 Å². The third-order valence-electron chi connectivity index (χ3n) is 3.11. The van der Waals surface area contributed by atoms with Crippen molar-refractivity contribution in [1.29, 1.82) is 0 Å². The number of aromatic carboxylic acids is 1. The highest BCUT2D eigenvalue weighted by molar-refractivity contribution is 5.89. The number of carbonyl (C=O) groups excluding carboxylic acids is 1. The molecule has 1 atom stereocenters. The molecule has 1 aromatic rings. The van der Waals surface area contributed by atoms with E-state index in [1.165, 1.54) is 0 Å². The first kappa shape index (κ1) is 11.8. The van der Waals surface area contributed by atoms with Gasteiger partial charge in [0, 0.05) is 13.0 Å². The lowest BCUT2D eigenvalue weighted by molar-refractivity contribution is -0.121. The summed E-state index contributed by atoms with van der Waals surface area (Å²) in [5.41, 5.74) is 2.18. The molecule has 4 nitrogen and oxygen atoms in total. The maximum Gasteiger partial charge on any atom is 0.335 e. The van der Waals surface area contributed by atoms with Crippen molar-refractivity contribution < 1.29 is 14.7 Å². The van der Waals surface area contributed by atoms with Gasteiger partial charge >= 0.3 is 5.97 Å². The van der Waals surface area contributed by atoms with E-state index in [1.54, 1.807) is 18.2 Å². The zero-order valence-electron chi connectivity index (χ0n) is 9.69. The number of hydrogen-bond donors (Lipinski definition) is 2. The van der Waals surface area contributed by atoms with Gasteiger partial charge < -0.3 is 10.4 Å². The predicted molar refractivity (Wildman–Crippen MR) is 63.1 cm³/mol.